The van der Waals surface area contributed by atoms with Crippen molar-refractivity contribution >= 4 is 15.7 Å². The van der Waals surface area contributed by atoms with E-state index in [1.54, 1.807) is 11.4 Å². The lowest BCUT2D eigenvalue weighted by atomic mass is 10.2. The zero-order valence-corrected chi connectivity index (χ0v) is 15.5. The molecule has 0 atom stereocenters. The summed E-state index contributed by atoms with van der Waals surface area (Å²) < 4.78 is 32.4. The van der Waals surface area contributed by atoms with Gasteiger partial charge in [-0.2, -0.15) is 4.31 Å². The number of hydrogen-bond donors (Lipinski definition) is 0. The zero-order chi connectivity index (χ0) is 17.9. The molecule has 0 radical (unpaired) electrons. The Morgan fingerprint density at radius 2 is 1.72 bits per heavy atom. The van der Waals surface area contributed by atoms with E-state index in [4.69, 9.17) is 4.74 Å². The van der Waals surface area contributed by atoms with Crippen molar-refractivity contribution in [2.45, 2.75) is 12.7 Å². The van der Waals surface area contributed by atoms with E-state index in [-0.39, 0.29) is 5.75 Å². The predicted octanol–water partition coefficient (Wildman–Crippen LogP) is 2.66. The van der Waals surface area contributed by atoms with Gasteiger partial charge in [-0.25, -0.2) is 8.42 Å². The molecule has 0 saturated carbocycles. The van der Waals surface area contributed by atoms with Crippen LogP contribution >= 0.6 is 0 Å². The Morgan fingerprint density at radius 1 is 1.00 bits per heavy atom. The molecule has 3 rings (SSSR count). The quantitative estimate of drug-likeness (QED) is 0.823. The third-order valence-corrected chi connectivity index (χ3v) is 6.34. The lowest BCUT2D eigenvalue weighted by Crippen LogP contribution is -2.49. The number of methoxy groups -OCH3 is 1. The van der Waals surface area contributed by atoms with Crippen LogP contribution in [0.5, 0.6) is 5.75 Å². The summed E-state index contributed by atoms with van der Waals surface area (Å²) in [4.78, 5) is 2.18. The molecule has 1 fully saturated rings. The first kappa shape index (κ1) is 17.8. The van der Waals surface area contributed by atoms with Gasteiger partial charge in [0.25, 0.3) is 0 Å². The summed E-state index contributed by atoms with van der Waals surface area (Å²) in [5, 5.41) is 0. The Hall–Kier alpha value is -2.05. The van der Waals surface area contributed by atoms with Gasteiger partial charge in [-0.1, -0.05) is 42.0 Å². The van der Waals surface area contributed by atoms with E-state index in [0.29, 0.717) is 26.2 Å². The Labute approximate surface area is 149 Å². The fourth-order valence-electron chi connectivity index (χ4n) is 3.20. The SMILES string of the molecule is COc1ccccc1N1CCN(S(=O)(=O)Cc2cccc(C)c2)CC1. The molecule has 1 saturated heterocycles. The molecule has 2 aromatic carbocycles. The van der Waals surface area contributed by atoms with Crippen LogP contribution in [0.1, 0.15) is 11.1 Å². The highest BCUT2D eigenvalue weighted by molar-refractivity contribution is 7.88. The second-order valence-corrected chi connectivity index (χ2v) is 8.27. The first-order chi connectivity index (χ1) is 12.0. The molecule has 134 valence electrons. The van der Waals surface area contributed by atoms with Gasteiger partial charge >= 0.3 is 0 Å². The molecule has 1 aliphatic heterocycles. The highest BCUT2D eigenvalue weighted by Gasteiger charge is 2.28. The fourth-order valence-corrected chi connectivity index (χ4v) is 4.71. The third kappa shape index (κ3) is 4.14. The number of aryl methyl sites for hydroxylation is 1. The number of piperazine rings is 1. The Morgan fingerprint density at radius 3 is 2.40 bits per heavy atom. The van der Waals surface area contributed by atoms with Crippen molar-refractivity contribution in [2.24, 2.45) is 0 Å². The minimum Gasteiger partial charge on any atom is -0.495 e. The van der Waals surface area contributed by atoms with Gasteiger partial charge in [0.1, 0.15) is 5.75 Å². The Balaban J connectivity index is 1.67. The van der Waals surface area contributed by atoms with Gasteiger partial charge in [0.2, 0.25) is 10.0 Å². The lowest BCUT2D eigenvalue weighted by Gasteiger charge is -2.36. The van der Waals surface area contributed by atoms with E-state index in [2.05, 4.69) is 4.90 Å². The molecule has 2 aromatic rings. The van der Waals surface area contributed by atoms with E-state index in [0.717, 1.165) is 22.6 Å². The molecule has 0 N–H and O–H groups in total. The van der Waals surface area contributed by atoms with Crippen LogP contribution in [0.4, 0.5) is 5.69 Å². The topological polar surface area (TPSA) is 49.9 Å². The summed E-state index contributed by atoms with van der Waals surface area (Å²) in [5.41, 5.74) is 2.93. The maximum atomic E-state index is 12.7. The number of sulfonamides is 1. The molecule has 0 spiro atoms. The van der Waals surface area contributed by atoms with Gasteiger partial charge in [0.05, 0.1) is 18.6 Å². The first-order valence-corrected chi connectivity index (χ1v) is 10.0. The maximum absolute atomic E-state index is 12.7. The summed E-state index contributed by atoms with van der Waals surface area (Å²) in [6.45, 7) is 4.28. The molecule has 6 heteroatoms. The van der Waals surface area contributed by atoms with E-state index >= 15 is 0 Å². The lowest BCUT2D eigenvalue weighted by molar-refractivity contribution is 0.378. The van der Waals surface area contributed by atoms with E-state index in [1.807, 2.05) is 55.5 Å². The number of hydrogen-bond acceptors (Lipinski definition) is 4. The third-order valence-electron chi connectivity index (χ3n) is 4.49. The van der Waals surface area contributed by atoms with Crippen LogP contribution in [0.15, 0.2) is 48.5 Å². The van der Waals surface area contributed by atoms with Gasteiger partial charge in [0.15, 0.2) is 0 Å². The summed E-state index contributed by atoms with van der Waals surface area (Å²) >= 11 is 0. The number of nitrogens with zero attached hydrogens (tertiary/aromatic N) is 2. The number of benzene rings is 2. The van der Waals surface area contributed by atoms with Gasteiger partial charge in [-0.15, -0.1) is 0 Å². The van der Waals surface area contributed by atoms with Gasteiger partial charge in [-0.05, 0) is 24.6 Å². The van der Waals surface area contributed by atoms with Crippen molar-refractivity contribution in [1.82, 2.24) is 4.31 Å². The molecule has 0 aromatic heterocycles. The van der Waals surface area contributed by atoms with Crippen LogP contribution < -0.4 is 9.64 Å². The molecule has 25 heavy (non-hydrogen) atoms. The Kier molecular flexibility index (Phi) is 5.30. The highest BCUT2D eigenvalue weighted by Crippen LogP contribution is 2.28. The Bertz CT molecular complexity index is 828. The van der Waals surface area contributed by atoms with Crippen molar-refractivity contribution < 1.29 is 13.2 Å². The number of para-hydroxylation sites is 2. The summed E-state index contributed by atoms with van der Waals surface area (Å²) in [5.74, 6) is 0.877. The average molecular weight is 360 g/mol. The van der Waals surface area contributed by atoms with Crippen molar-refractivity contribution in [3.8, 4) is 5.75 Å². The number of rotatable bonds is 5. The number of anilines is 1. The molecule has 0 unspecified atom stereocenters. The molecular weight excluding hydrogens is 336 g/mol. The fraction of sp³-hybridized carbons (Fsp3) is 0.368. The van der Waals surface area contributed by atoms with Crippen LogP contribution in [-0.2, 0) is 15.8 Å². The standard InChI is InChI=1S/C19H24N2O3S/c1-16-6-5-7-17(14-16)15-25(22,23)21-12-10-20(11-13-21)18-8-3-4-9-19(18)24-2/h3-9,14H,10-13,15H2,1-2H3. The van der Waals surface area contributed by atoms with Crippen LogP contribution in [0.2, 0.25) is 0 Å². The van der Waals surface area contributed by atoms with E-state index in [9.17, 15) is 8.42 Å². The second-order valence-electron chi connectivity index (χ2n) is 6.30. The molecule has 1 aliphatic rings. The van der Waals surface area contributed by atoms with Crippen molar-refractivity contribution in [3.63, 3.8) is 0 Å². The van der Waals surface area contributed by atoms with Gasteiger partial charge in [-0.3, -0.25) is 0 Å². The van der Waals surface area contributed by atoms with Crippen LogP contribution in [0, 0.1) is 6.92 Å². The summed E-state index contributed by atoms with van der Waals surface area (Å²) in [6.07, 6.45) is 0. The van der Waals surface area contributed by atoms with Crippen LogP contribution in [0.25, 0.3) is 0 Å². The van der Waals surface area contributed by atoms with Gasteiger partial charge in [0, 0.05) is 26.2 Å². The molecule has 5 nitrogen and oxygen atoms in total. The highest BCUT2D eigenvalue weighted by atomic mass is 32.2. The van der Waals surface area contributed by atoms with E-state index in [1.165, 1.54) is 0 Å². The smallest absolute Gasteiger partial charge is 0.218 e. The van der Waals surface area contributed by atoms with E-state index < -0.39 is 10.0 Å². The monoisotopic (exact) mass is 360 g/mol. The van der Waals surface area contributed by atoms with Crippen molar-refractivity contribution in [1.29, 1.82) is 0 Å². The normalized spacial score (nSPS) is 16.0. The molecule has 0 amide bonds. The summed E-state index contributed by atoms with van der Waals surface area (Å²) in [6, 6.07) is 15.5. The molecular formula is C19H24N2O3S. The second kappa shape index (κ2) is 7.45. The predicted molar refractivity (Wildman–Crippen MR) is 101 cm³/mol. The van der Waals surface area contributed by atoms with Crippen molar-refractivity contribution in [3.05, 3.63) is 59.7 Å². The zero-order valence-electron chi connectivity index (χ0n) is 14.7. The minimum atomic E-state index is -3.30. The average Bonchev–Trinajstić information content (AvgIpc) is 2.61. The largest absolute Gasteiger partial charge is 0.495 e. The molecule has 1 heterocycles. The maximum Gasteiger partial charge on any atom is 0.218 e. The first-order valence-electron chi connectivity index (χ1n) is 8.41. The molecule has 0 aliphatic carbocycles. The molecule has 0 bridgehead atoms. The summed E-state index contributed by atoms with van der Waals surface area (Å²) in [7, 11) is -1.64. The van der Waals surface area contributed by atoms with Crippen molar-refractivity contribution in [2.75, 3.05) is 38.2 Å². The van der Waals surface area contributed by atoms with Crippen LogP contribution in [0.3, 0.4) is 0 Å². The van der Waals surface area contributed by atoms with Crippen LogP contribution in [-0.4, -0.2) is 46.0 Å². The number of ether oxygens (including phenoxy) is 1. The minimum absolute atomic E-state index is 0.0589. The van der Waals surface area contributed by atoms with Gasteiger partial charge < -0.3 is 9.64 Å².